The fourth-order valence-corrected chi connectivity index (χ4v) is 1.71. The molecule has 19 heavy (non-hydrogen) atoms. The summed E-state index contributed by atoms with van der Waals surface area (Å²) in [4.78, 5) is 33.7. The van der Waals surface area contributed by atoms with Gasteiger partial charge in [-0.2, -0.15) is 0 Å². The molecule has 0 fully saturated rings. The second kappa shape index (κ2) is 6.89. The zero-order chi connectivity index (χ0) is 14.4. The Morgan fingerprint density at radius 2 is 1.95 bits per heavy atom. The topological polar surface area (TPSA) is 99.1 Å². The Hall–Kier alpha value is -1.89. The summed E-state index contributed by atoms with van der Waals surface area (Å²) in [5, 5.41) is 3.13. The molecule has 0 aliphatic rings. The van der Waals surface area contributed by atoms with Crippen molar-refractivity contribution in [3.05, 3.63) is 32.6 Å². The molecular weight excluding hydrogens is 248 g/mol. The highest BCUT2D eigenvalue weighted by Gasteiger charge is 2.05. The van der Waals surface area contributed by atoms with Gasteiger partial charge in [0.1, 0.15) is 0 Å². The molecule has 0 spiro atoms. The van der Waals surface area contributed by atoms with Crippen molar-refractivity contribution < 1.29 is 4.79 Å². The number of carbonyl (C=O) groups is 1. The van der Waals surface area contributed by atoms with Gasteiger partial charge in [0.05, 0.1) is 0 Å². The lowest BCUT2D eigenvalue weighted by Crippen LogP contribution is -2.39. The first-order chi connectivity index (χ1) is 8.93. The Bertz CT molecular complexity index is 559. The average Bonchev–Trinajstić information content (AvgIpc) is 2.36. The summed E-state index contributed by atoms with van der Waals surface area (Å²) in [6.45, 7) is 1.15. The molecule has 0 aliphatic carbocycles. The van der Waals surface area contributed by atoms with Gasteiger partial charge in [0.25, 0.3) is 5.56 Å². The summed E-state index contributed by atoms with van der Waals surface area (Å²) in [5.74, 6) is -0.297. The lowest BCUT2D eigenvalue weighted by molar-refractivity contribution is -0.118. The van der Waals surface area contributed by atoms with E-state index in [2.05, 4.69) is 5.32 Å². The summed E-state index contributed by atoms with van der Waals surface area (Å²) in [6, 6.07) is 1.44. The highest BCUT2D eigenvalue weighted by molar-refractivity contribution is 5.73. The van der Waals surface area contributed by atoms with Crippen LogP contribution >= 0.6 is 0 Å². The van der Waals surface area contributed by atoms with Gasteiger partial charge in [-0.1, -0.05) is 0 Å². The van der Waals surface area contributed by atoms with Crippen LogP contribution in [0, 0.1) is 0 Å². The summed E-state index contributed by atoms with van der Waals surface area (Å²) < 4.78 is 2.51. The van der Waals surface area contributed by atoms with E-state index < -0.39 is 0 Å². The van der Waals surface area contributed by atoms with Crippen LogP contribution in [-0.4, -0.2) is 21.6 Å². The zero-order valence-electron chi connectivity index (χ0n) is 11.3. The third-order valence-electron chi connectivity index (χ3n) is 2.96. The van der Waals surface area contributed by atoms with Crippen molar-refractivity contribution in [2.24, 2.45) is 19.8 Å². The van der Waals surface area contributed by atoms with Gasteiger partial charge in [-0.25, -0.2) is 4.79 Å². The van der Waals surface area contributed by atoms with Crippen LogP contribution < -0.4 is 22.3 Å². The smallest absolute Gasteiger partial charge is 0.330 e. The van der Waals surface area contributed by atoms with Gasteiger partial charge in [-0.05, 0) is 19.4 Å². The third-order valence-corrected chi connectivity index (χ3v) is 2.96. The molecular formula is C12H20N4O3. The lowest BCUT2D eigenvalue weighted by Gasteiger charge is -2.10. The average molecular weight is 268 g/mol. The van der Waals surface area contributed by atoms with E-state index in [1.807, 2.05) is 0 Å². The van der Waals surface area contributed by atoms with E-state index in [-0.39, 0.29) is 17.2 Å². The van der Waals surface area contributed by atoms with Crippen molar-refractivity contribution in [2.75, 3.05) is 6.54 Å². The lowest BCUT2D eigenvalue weighted by atomic mass is 10.2. The van der Waals surface area contributed by atoms with Crippen molar-refractivity contribution in [3.8, 4) is 0 Å². The molecule has 0 unspecified atom stereocenters. The largest absolute Gasteiger partial charge is 0.370 e. The summed E-state index contributed by atoms with van der Waals surface area (Å²) in [6.07, 6.45) is 1.94. The van der Waals surface area contributed by atoms with Crippen LogP contribution in [0.25, 0.3) is 0 Å². The minimum absolute atomic E-state index is 0.297. The number of hydrogen-bond donors (Lipinski definition) is 2. The van der Waals surface area contributed by atoms with Crippen LogP contribution in [0.1, 0.15) is 25.0 Å². The molecule has 0 aliphatic heterocycles. The second-order valence-electron chi connectivity index (χ2n) is 4.47. The Morgan fingerprint density at radius 3 is 2.58 bits per heavy atom. The van der Waals surface area contributed by atoms with Crippen LogP contribution in [0.3, 0.4) is 0 Å². The summed E-state index contributed by atoms with van der Waals surface area (Å²) in [5.41, 5.74) is 5.03. The Kier molecular flexibility index (Phi) is 5.50. The first kappa shape index (κ1) is 15.2. The van der Waals surface area contributed by atoms with E-state index in [0.717, 1.165) is 17.4 Å². The van der Waals surface area contributed by atoms with E-state index in [0.29, 0.717) is 25.2 Å². The number of unbranched alkanes of at least 4 members (excludes halogenated alkanes) is 1. The van der Waals surface area contributed by atoms with Gasteiger partial charge in [0.2, 0.25) is 5.91 Å². The monoisotopic (exact) mass is 268 g/mol. The normalized spacial score (nSPS) is 10.6. The molecule has 0 bridgehead atoms. The maximum absolute atomic E-state index is 11.7. The number of nitrogens with one attached hydrogen (secondary N) is 1. The number of nitrogens with zero attached hydrogens (tertiary/aromatic N) is 2. The third kappa shape index (κ3) is 4.36. The molecule has 1 heterocycles. The molecule has 0 saturated carbocycles. The molecule has 3 N–H and O–H groups in total. The Morgan fingerprint density at radius 1 is 1.26 bits per heavy atom. The minimum Gasteiger partial charge on any atom is -0.370 e. The predicted octanol–water partition coefficient (Wildman–Crippen LogP) is -1.17. The Labute approximate surface area is 111 Å². The van der Waals surface area contributed by atoms with E-state index in [1.165, 1.54) is 17.7 Å². The molecule has 0 atom stereocenters. The molecule has 1 aromatic heterocycles. The van der Waals surface area contributed by atoms with Crippen molar-refractivity contribution in [3.63, 3.8) is 0 Å². The van der Waals surface area contributed by atoms with Gasteiger partial charge >= 0.3 is 5.69 Å². The van der Waals surface area contributed by atoms with Crippen molar-refractivity contribution in [2.45, 2.75) is 25.8 Å². The van der Waals surface area contributed by atoms with Crippen LogP contribution in [0.15, 0.2) is 15.7 Å². The van der Waals surface area contributed by atoms with Crippen LogP contribution in [0.5, 0.6) is 0 Å². The fourth-order valence-electron chi connectivity index (χ4n) is 1.71. The molecule has 1 aromatic rings. The summed E-state index contributed by atoms with van der Waals surface area (Å²) in [7, 11) is 3.08. The van der Waals surface area contributed by atoms with Gasteiger partial charge in [-0.3, -0.25) is 18.7 Å². The predicted molar refractivity (Wildman–Crippen MR) is 71.7 cm³/mol. The minimum atomic E-state index is -0.335. The van der Waals surface area contributed by atoms with Gasteiger partial charge in [0.15, 0.2) is 0 Å². The fraction of sp³-hybridized carbons (Fsp3) is 0.583. The number of amides is 1. The van der Waals surface area contributed by atoms with Gasteiger partial charge in [0, 0.05) is 38.8 Å². The highest BCUT2D eigenvalue weighted by atomic mass is 16.2. The first-order valence-corrected chi connectivity index (χ1v) is 6.18. The molecule has 1 amide bonds. The Balaban J connectivity index is 2.49. The van der Waals surface area contributed by atoms with E-state index in [4.69, 9.17) is 5.73 Å². The number of nitrogens with two attached hydrogens (primary N) is 1. The van der Waals surface area contributed by atoms with E-state index >= 15 is 0 Å². The van der Waals surface area contributed by atoms with E-state index in [1.54, 1.807) is 7.05 Å². The first-order valence-electron chi connectivity index (χ1n) is 6.18. The molecule has 7 heteroatoms. The molecule has 0 radical (unpaired) electrons. The van der Waals surface area contributed by atoms with Gasteiger partial charge in [-0.15, -0.1) is 0 Å². The highest BCUT2D eigenvalue weighted by Crippen LogP contribution is 1.94. The SMILES string of the molecule is Cn1c(CNCCCCC(N)=O)cc(=O)n(C)c1=O. The van der Waals surface area contributed by atoms with Gasteiger partial charge < -0.3 is 11.1 Å². The van der Waals surface area contributed by atoms with E-state index in [9.17, 15) is 14.4 Å². The molecule has 0 aromatic carbocycles. The summed E-state index contributed by atoms with van der Waals surface area (Å²) >= 11 is 0. The van der Waals surface area contributed by atoms with Crippen LogP contribution in [0.2, 0.25) is 0 Å². The van der Waals surface area contributed by atoms with Crippen LogP contribution in [0.4, 0.5) is 0 Å². The molecule has 106 valence electrons. The van der Waals surface area contributed by atoms with Crippen molar-refractivity contribution in [1.29, 1.82) is 0 Å². The maximum atomic E-state index is 11.7. The number of aromatic nitrogens is 2. The zero-order valence-corrected chi connectivity index (χ0v) is 11.3. The van der Waals surface area contributed by atoms with Crippen molar-refractivity contribution >= 4 is 5.91 Å². The molecule has 7 nitrogen and oxygen atoms in total. The second-order valence-corrected chi connectivity index (χ2v) is 4.47. The molecule has 1 rings (SSSR count). The number of carbonyl (C=O) groups excluding carboxylic acids is 1. The number of rotatable bonds is 7. The van der Waals surface area contributed by atoms with Crippen molar-refractivity contribution in [1.82, 2.24) is 14.5 Å². The maximum Gasteiger partial charge on any atom is 0.330 e. The number of primary amides is 1. The standard InChI is InChI=1S/C12H20N4O3/c1-15-9(7-11(18)16(2)12(15)19)8-14-6-4-3-5-10(13)17/h7,14H,3-6,8H2,1-2H3,(H2,13,17). The quantitative estimate of drug-likeness (QED) is 0.609. The van der Waals surface area contributed by atoms with Crippen LogP contribution in [-0.2, 0) is 25.4 Å². The molecule has 0 saturated heterocycles. The number of hydrogen-bond acceptors (Lipinski definition) is 4.